The van der Waals surface area contributed by atoms with Gasteiger partial charge in [-0.25, -0.2) is 0 Å². The monoisotopic (exact) mass is 230 g/mol. The number of aromatic nitrogens is 2. The maximum absolute atomic E-state index is 5.78. The van der Waals surface area contributed by atoms with E-state index >= 15 is 0 Å². The van der Waals surface area contributed by atoms with Crippen LogP contribution in [0.1, 0.15) is 6.92 Å². The van der Waals surface area contributed by atoms with Gasteiger partial charge in [0.25, 0.3) is 0 Å². The summed E-state index contributed by atoms with van der Waals surface area (Å²) >= 11 is 0. The van der Waals surface area contributed by atoms with Crippen molar-refractivity contribution in [1.29, 1.82) is 0 Å². The molecule has 1 aromatic heterocycles. The van der Waals surface area contributed by atoms with E-state index in [9.17, 15) is 0 Å². The van der Waals surface area contributed by atoms with Gasteiger partial charge >= 0.3 is 0 Å². The predicted octanol–water partition coefficient (Wildman–Crippen LogP) is 1.71. The summed E-state index contributed by atoms with van der Waals surface area (Å²) in [6.45, 7) is 2.56. The highest BCUT2D eigenvalue weighted by atomic mass is 16.5. The minimum Gasteiger partial charge on any atom is -0.494 e. The van der Waals surface area contributed by atoms with Crippen LogP contribution in [0, 0.1) is 0 Å². The summed E-state index contributed by atoms with van der Waals surface area (Å²) in [6.07, 6.45) is 0. The Bertz CT molecular complexity index is 528. The molecule has 17 heavy (non-hydrogen) atoms. The van der Waals surface area contributed by atoms with Crippen molar-refractivity contribution >= 4 is 11.6 Å². The second-order valence-corrected chi connectivity index (χ2v) is 3.53. The lowest BCUT2D eigenvalue weighted by Crippen LogP contribution is -2.00. The smallest absolute Gasteiger partial charge is 0.154 e. The number of nitrogens with zero attached hydrogens (tertiary/aromatic N) is 2. The van der Waals surface area contributed by atoms with Crippen molar-refractivity contribution in [2.45, 2.75) is 6.92 Å². The first-order valence-corrected chi connectivity index (χ1v) is 5.32. The van der Waals surface area contributed by atoms with Crippen molar-refractivity contribution in [3.05, 3.63) is 30.3 Å². The van der Waals surface area contributed by atoms with Gasteiger partial charge in [-0.1, -0.05) is 12.1 Å². The standard InChI is InChI=1S/C12H14N4O/c1-2-17-9-5-3-4-8(6-9)10-7-11(13)15-16-12(10)14/h3-7H,2H2,1H3,(H2,13,15)(H2,14,16). The number of ether oxygens (including phenoxy) is 1. The van der Waals surface area contributed by atoms with Crippen LogP contribution in [0.4, 0.5) is 11.6 Å². The molecule has 1 heterocycles. The Morgan fingerprint density at radius 3 is 2.76 bits per heavy atom. The molecule has 1 aromatic carbocycles. The molecule has 0 amide bonds. The second-order valence-electron chi connectivity index (χ2n) is 3.53. The maximum Gasteiger partial charge on any atom is 0.154 e. The van der Waals surface area contributed by atoms with Crippen molar-refractivity contribution in [3.63, 3.8) is 0 Å². The minimum absolute atomic E-state index is 0.344. The van der Waals surface area contributed by atoms with Crippen LogP contribution < -0.4 is 16.2 Å². The number of hydrogen-bond acceptors (Lipinski definition) is 5. The van der Waals surface area contributed by atoms with Crippen LogP contribution in [0.3, 0.4) is 0 Å². The number of nitrogen functional groups attached to an aromatic ring is 2. The first-order chi connectivity index (χ1) is 8.20. The van der Waals surface area contributed by atoms with E-state index in [0.717, 1.165) is 16.9 Å². The molecule has 0 fully saturated rings. The molecule has 0 aliphatic rings. The molecule has 0 atom stereocenters. The molecule has 0 saturated heterocycles. The van der Waals surface area contributed by atoms with Crippen molar-refractivity contribution in [2.24, 2.45) is 0 Å². The molecule has 0 aliphatic heterocycles. The van der Waals surface area contributed by atoms with Gasteiger partial charge in [0.15, 0.2) is 5.82 Å². The quantitative estimate of drug-likeness (QED) is 0.838. The van der Waals surface area contributed by atoms with Gasteiger partial charge in [-0.15, -0.1) is 10.2 Å². The van der Waals surface area contributed by atoms with Gasteiger partial charge in [-0.3, -0.25) is 0 Å². The average Bonchev–Trinajstić information content (AvgIpc) is 2.33. The third kappa shape index (κ3) is 2.44. The van der Waals surface area contributed by atoms with Crippen LogP contribution in [0.5, 0.6) is 5.75 Å². The lowest BCUT2D eigenvalue weighted by molar-refractivity contribution is 0.340. The van der Waals surface area contributed by atoms with Crippen molar-refractivity contribution in [3.8, 4) is 16.9 Å². The maximum atomic E-state index is 5.78. The summed E-state index contributed by atoms with van der Waals surface area (Å²) in [5.74, 6) is 1.49. The zero-order chi connectivity index (χ0) is 12.3. The largest absolute Gasteiger partial charge is 0.494 e. The van der Waals surface area contributed by atoms with Crippen molar-refractivity contribution < 1.29 is 4.74 Å². The van der Waals surface area contributed by atoms with Gasteiger partial charge in [0.2, 0.25) is 0 Å². The first kappa shape index (κ1) is 11.2. The van der Waals surface area contributed by atoms with E-state index in [2.05, 4.69) is 10.2 Å². The van der Waals surface area contributed by atoms with E-state index in [0.29, 0.717) is 18.2 Å². The van der Waals surface area contributed by atoms with E-state index in [-0.39, 0.29) is 0 Å². The fraction of sp³-hybridized carbons (Fsp3) is 0.167. The van der Waals surface area contributed by atoms with Crippen LogP contribution in [-0.4, -0.2) is 16.8 Å². The van der Waals surface area contributed by atoms with E-state index in [1.54, 1.807) is 6.07 Å². The van der Waals surface area contributed by atoms with E-state index in [1.165, 1.54) is 0 Å². The number of rotatable bonds is 3. The highest BCUT2D eigenvalue weighted by Crippen LogP contribution is 2.27. The highest BCUT2D eigenvalue weighted by Gasteiger charge is 2.06. The molecule has 0 radical (unpaired) electrons. The molecule has 2 rings (SSSR count). The number of nitrogens with two attached hydrogens (primary N) is 2. The molecule has 0 aliphatic carbocycles. The summed E-state index contributed by atoms with van der Waals surface area (Å²) in [4.78, 5) is 0. The lowest BCUT2D eigenvalue weighted by atomic mass is 10.1. The first-order valence-electron chi connectivity index (χ1n) is 5.32. The fourth-order valence-electron chi connectivity index (χ4n) is 1.57. The Balaban J connectivity index is 2.45. The van der Waals surface area contributed by atoms with E-state index in [1.807, 2.05) is 31.2 Å². The molecular weight excluding hydrogens is 216 g/mol. The van der Waals surface area contributed by atoms with Crippen LogP contribution >= 0.6 is 0 Å². The lowest BCUT2D eigenvalue weighted by Gasteiger charge is -2.08. The molecule has 5 nitrogen and oxygen atoms in total. The molecule has 4 N–H and O–H groups in total. The normalized spacial score (nSPS) is 10.2. The van der Waals surface area contributed by atoms with Crippen molar-refractivity contribution in [1.82, 2.24) is 10.2 Å². The molecule has 0 spiro atoms. The Morgan fingerprint density at radius 1 is 1.18 bits per heavy atom. The highest BCUT2D eigenvalue weighted by molar-refractivity contribution is 5.75. The predicted molar refractivity (Wildman–Crippen MR) is 67.5 cm³/mol. The molecule has 2 aromatic rings. The molecular formula is C12H14N4O. The molecule has 0 saturated carbocycles. The Hall–Kier alpha value is -2.30. The van der Waals surface area contributed by atoms with Crippen LogP contribution in [0.15, 0.2) is 30.3 Å². The molecule has 0 bridgehead atoms. The van der Waals surface area contributed by atoms with E-state index < -0.39 is 0 Å². The zero-order valence-corrected chi connectivity index (χ0v) is 9.55. The SMILES string of the molecule is CCOc1cccc(-c2cc(N)nnc2N)c1. The van der Waals surface area contributed by atoms with E-state index in [4.69, 9.17) is 16.2 Å². The summed E-state index contributed by atoms with van der Waals surface area (Å²) in [7, 11) is 0. The van der Waals surface area contributed by atoms with Crippen LogP contribution in [0.25, 0.3) is 11.1 Å². The van der Waals surface area contributed by atoms with Gasteiger partial charge < -0.3 is 16.2 Å². The number of benzene rings is 1. The Labute approximate surface area is 99.4 Å². The third-order valence-electron chi connectivity index (χ3n) is 2.30. The molecule has 5 heteroatoms. The van der Waals surface area contributed by atoms with Gasteiger partial charge in [0, 0.05) is 5.56 Å². The zero-order valence-electron chi connectivity index (χ0n) is 9.55. The van der Waals surface area contributed by atoms with Gasteiger partial charge in [-0.05, 0) is 30.7 Å². The second kappa shape index (κ2) is 4.69. The average molecular weight is 230 g/mol. The molecule has 0 unspecified atom stereocenters. The summed E-state index contributed by atoms with van der Waals surface area (Å²) < 4.78 is 5.43. The minimum atomic E-state index is 0.344. The Morgan fingerprint density at radius 2 is 2.00 bits per heavy atom. The summed E-state index contributed by atoms with van der Waals surface area (Å²) in [5, 5.41) is 7.49. The Kier molecular flexibility index (Phi) is 3.09. The summed E-state index contributed by atoms with van der Waals surface area (Å²) in [5.41, 5.74) is 13.1. The molecule has 88 valence electrons. The van der Waals surface area contributed by atoms with Crippen molar-refractivity contribution in [2.75, 3.05) is 18.1 Å². The van der Waals surface area contributed by atoms with Gasteiger partial charge in [0.05, 0.1) is 6.61 Å². The van der Waals surface area contributed by atoms with Gasteiger partial charge in [-0.2, -0.15) is 0 Å². The number of hydrogen-bond donors (Lipinski definition) is 2. The van der Waals surface area contributed by atoms with Crippen LogP contribution in [-0.2, 0) is 0 Å². The fourth-order valence-corrected chi connectivity index (χ4v) is 1.57. The summed E-state index contributed by atoms with van der Waals surface area (Å²) in [6, 6.07) is 9.32. The van der Waals surface area contributed by atoms with Gasteiger partial charge in [0.1, 0.15) is 11.6 Å². The number of anilines is 2. The third-order valence-corrected chi connectivity index (χ3v) is 2.30. The topological polar surface area (TPSA) is 87.0 Å². The van der Waals surface area contributed by atoms with Crippen LogP contribution in [0.2, 0.25) is 0 Å².